The number of hydrogen-bond acceptors (Lipinski definition) is 12. The van der Waals surface area contributed by atoms with E-state index >= 15 is 0 Å². The Morgan fingerprint density at radius 2 is 1.11 bits per heavy atom. The minimum Gasteiger partial charge on any atom is -0.853 e. The number of nitrogens with one attached hydrogen (secondary N) is 2. The second-order valence-corrected chi connectivity index (χ2v) is 13.4. The zero-order chi connectivity index (χ0) is 39.3. The smallest absolute Gasteiger partial charge is 0.377 e. The summed E-state index contributed by atoms with van der Waals surface area (Å²) in [6.07, 6.45) is -2.95. The van der Waals surface area contributed by atoms with E-state index in [0.717, 1.165) is 77.8 Å². The van der Waals surface area contributed by atoms with Gasteiger partial charge in [0.25, 0.3) is 0 Å². The van der Waals surface area contributed by atoms with Gasteiger partial charge in [0.2, 0.25) is 17.6 Å². The van der Waals surface area contributed by atoms with Gasteiger partial charge in [-0.15, -0.1) is 6.61 Å². The van der Waals surface area contributed by atoms with Crippen LogP contribution in [0.25, 0.3) is 43.6 Å². The number of cyclic esters (lactones) is 1. The third kappa shape index (κ3) is 9.92. The third-order valence-corrected chi connectivity index (χ3v) is 9.10. The van der Waals surface area contributed by atoms with Crippen molar-refractivity contribution in [3.05, 3.63) is 95.0 Å². The van der Waals surface area contributed by atoms with Gasteiger partial charge in [-0.3, -0.25) is 29.5 Å². The van der Waals surface area contributed by atoms with Crippen molar-refractivity contribution in [3.63, 3.8) is 0 Å². The van der Waals surface area contributed by atoms with Crippen LogP contribution in [0.1, 0.15) is 22.8 Å². The number of ether oxygens (including phenoxy) is 1. The fourth-order valence-corrected chi connectivity index (χ4v) is 5.79. The quantitative estimate of drug-likeness (QED) is 0.0612. The number of amides is 2. The summed E-state index contributed by atoms with van der Waals surface area (Å²) in [5, 5.41) is 46.7. The number of fused-ring (bicyclic) bond motifs is 6. The summed E-state index contributed by atoms with van der Waals surface area (Å²) in [5.74, 6) is -3.05. The van der Waals surface area contributed by atoms with E-state index in [4.69, 9.17) is 15.3 Å². The molecule has 1 radical (unpaired) electrons. The minimum absolute atomic E-state index is 0. The van der Waals surface area contributed by atoms with E-state index in [-0.39, 0.29) is 39.5 Å². The van der Waals surface area contributed by atoms with Gasteiger partial charge in [0.05, 0.1) is 50.2 Å². The first kappa shape index (κ1) is 43.0. The number of rotatable bonds is 6. The number of alkyl halides is 2. The maximum atomic E-state index is 11.7. The van der Waals surface area contributed by atoms with Crippen LogP contribution in [-0.2, 0) is 36.2 Å². The van der Waals surface area contributed by atoms with Crippen molar-refractivity contribution in [1.82, 2.24) is 19.9 Å². The van der Waals surface area contributed by atoms with Crippen LogP contribution in [0.15, 0.2) is 72.2 Å². The van der Waals surface area contributed by atoms with E-state index in [1.807, 2.05) is 88.4 Å². The van der Waals surface area contributed by atoms with Gasteiger partial charge in [0.1, 0.15) is 0 Å². The molecule has 55 heavy (non-hydrogen) atoms. The average molecular weight is 927 g/mol. The number of aromatic nitrogens is 4. The van der Waals surface area contributed by atoms with Crippen LogP contribution in [0.3, 0.4) is 0 Å². The number of pyridine rings is 4. The molecule has 4 aromatic heterocycles. The van der Waals surface area contributed by atoms with E-state index in [9.17, 15) is 19.5 Å². The Balaban J connectivity index is 0.000000189. The number of esters is 1. The van der Waals surface area contributed by atoms with Crippen molar-refractivity contribution >= 4 is 105 Å². The van der Waals surface area contributed by atoms with Crippen molar-refractivity contribution in [3.8, 4) is 0 Å². The Bertz CT molecular complexity index is 2320. The van der Waals surface area contributed by atoms with Crippen molar-refractivity contribution in [2.24, 2.45) is 0 Å². The number of carbonyl (C=O) groups excluding carboxylic acids is 3. The number of nitrogens with zero attached hydrogens (tertiary/aromatic N) is 4. The van der Waals surface area contributed by atoms with E-state index in [2.05, 4.69) is 67.2 Å². The van der Waals surface area contributed by atoms with Crippen molar-refractivity contribution in [2.45, 2.75) is 39.9 Å². The molecule has 17 heteroatoms. The van der Waals surface area contributed by atoms with Gasteiger partial charge < -0.3 is 35.8 Å². The van der Waals surface area contributed by atoms with Crippen LogP contribution in [-0.4, -0.2) is 82.5 Å². The normalized spacial score (nSPS) is 14.0. The number of aliphatic hydroxyl groups is 3. The minimum atomic E-state index is -1.53. The number of aryl methyl sites for hydroxylation is 4. The van der Waals surface area contributed by atoms with E-state index < -0.39 is 36.3 Å². The maximum absolute atomic E-state index is 11.7. The number of hydrogen-bond donors (Lipinski definition) is 5. The molecule has 0 saturated heterocycles. The van der Waals surface area contributed by atoms with Crippen LogP contribution in [0.5, 0.6) is 0 Å². The van der Waals surface area contributed by atoms with Gasteiger partial charge >= 0.3 is 5.97 Å². The summed E-state index contributed by atoms with van der Waals surface area (Å²) in [4.78, 5) is 52.3. The molecule has 5 heterocycles. The summed E-state index contributed by atoms with van der Waals surface area (Å²) in [6, 6.07) is 19.6. The van der Waals surface area contributed by atoms with E-state index in [0.29, 0.717) is 0 Å². The molecule has 14 nitrogen and oxygen atoms in total. The average Bonchev–Trinajstić information content (AvgIpc) is 3.42. The summed E-state index contributed by atoms with van der Waals surface area (Å²) in [7, 11) is 0. The maximum Gasteiger partial charge on any atom is 0.377 e. The Labute approximate surface area is 342 Å². The largest absolute Gasteiger partial charge is 0.853 e. The Kier molecular flexibility index (Phi) is 14.6. The van der Waals surface area contributed by atoms with Crippen LogP contribution < -0.4 is 15.7 Å². The molecule has 2 amide bonds. The molecular weight excluding hydrogens is 892 g/mol. The zero-order valence-corrected chi connectivity index (χ0v) is 33.9. The zero-order valence-electron chi connectivity index (χ0n) is 29.8. The SMILES string of the molecule is Cc1ccc2cc(NC(=O)CBr)c3ccc(C)nc3c2n1.Cc1ccc2cc(NC(=O)CBr)c3ccc(C)nc3c2n1.O=C1OC(C(O)C[O-])C(O)=C1O.[Cu]. The molecule has 0 spiro atoms. The van der Waals surface area contributed by atoms with Gasteiger partial charge in [-0.25, -0.2) is 4.79 Å². The standard InChI is InChI=1S/2C16H14BrN3O.C6H7O6.Cu/c2*1-9-3-5-11-7-13(20-14(21)8-17)12-6-4-10(2)19-16(12)15(11)18-9;7-1-2(8)5-3(9)4(10)6(11)12-5;/h2*3-7H,8H2,1-2H3,(H,20,21);2,5,8-10H,1H2;/q;;-1;. The number of carbonyl (C=O) groups is 3. The molecule has 291 valence electrons. The molecule has 2 unspecified atom stereocenters. The summed E-state index contributed by atoms with van der Waals surface area (Å²) >= 11 is 6.33. The van der Waals surface area contributed by atoms with Crippen LogP contribution in [0, 0.1) is 27.7 Å². The Morgan fingerprint density at radius 1 is 0.727 bits per heavy atom. The Hall–Kier alpha value is -4.77. The first-order valence-corrected chi connectivity index (χ1v) is 18.6. The van der Waals surface area contributed by atoms with Crippen LogP contribution >= 0.6 is 31.9 Å². The molecule has 0 aliphatic carbocycles. The second kappa shape index (κ2) is 18.7. The first-order chi connectivity index (χ1) is 25.7. The molecule has 0 fully saturated rings. The topological polar surface area (TPSA) is 220 Å². The van der Waals surface area contributed by atoms with Gasteiger partial charge in [-0.2, -0.15) is 0 Å². The molecule has 1 aliphatic rings. The number of halogens is 2. The number of aliphatic hydroxyl groups excluding tert-OH is 3. The number of anilines is 2. The van der Waals surface area contributed by atoms with E-state index in [1.165, 1.54) is 0 Å². The summed E-state index contributed by atoms with van der Waals surface area (Å²) in [5.41, 5.74) is 8.65. The first-order valence-electron chi connectivity index (χ1n) is 16.4. The predicted octanol–water partition coefficient (Wildman–Crippen LogP) is 5.42. The van der Waals surface area contributed by atoms with Crippen molar-refractivity contribution in [1.29, 1.82) is 0 Å². The second-order valence-electron chi connectivity index (χ2n) is 12.3. The molecule has 6 aromatic rings. The third-order valence-electron chi connectivity index (χ3n) is 8.08. The predicted molar refractivity (Wildman–Crippen MR) is 211 cm³/mol. The molecule has 7 rings (SSSR count). The van der Waals surface area contributed by atoms with Gasteiger partial charge in [0.15, 0.2) is 11.9 Å². The number of benzene rings is 2. The Morgan fingerprint density at radius 3 is 1.45 bits per heavy atom. The van der Waals surface area contributed by atoms with Crippen LogP contribution in [0.2, 0.25) is 0 Å². The molecule has 1 aliphatic heterocycles. The van der Waals surface area contributed by atoms with Gasteiger partial charge in [0, 0.05) is 61.4 Å². The molecule has 2 aromatic carbocycles. The van der Waals surface area contributed by atoms with Gasteiger partial charge in [-0.1, -0.05) is 44.0 Å². The molecule has 5 N–H and O–H groups in total. The molecule has 0 bridgehead atoms. The van der Waals surface area contributed by atoms with E-state index in [1.54, 1.807) is 0 Å². The summed E-state index contributed by atoms with van der Waals surface area (Å²) < 4.78 is 4.28. The fourth-order valence-electron chi connectivity index (χ4n) is 5.51. The molecule has 2 atom stereocenters. The monoisotopic (exact) mass is 924 g/mol. The summed E-state index contributed by atoms with van der Waals surface area (Å²) in [6.45, 7) is 6.90. The van der Waals surface area contributed by atoms with Crippen LogP contribution in [0.4, 0.5) is 11.4 Å². The molecular formula is C38H35Br2CuN6O8-. The van der Waals surface area contributed by atoms with Gasteiger partial charge in [-0.05, 0) is 76.2 Å². The van der Waals surface area contributed by atoms with Crippen molar-refractivity contribution < 1.29 is 56.6 Å². The molecule has 0 saturated carbocycles. The van der Waals surface area contributed by atoms with Crippen molar-refractivity contribution in [2.75, 3.05) is 27.9 Å². The fraction of sp³-hybridized carbons (Fsp3) is 0.237.